The monoisotopic (exact) mass is 373 g/mol. The van der Waals surface area contributed by atoms with Gasteiger partial charge in [-0.2, -0.15) is 4.31 Å². The highest BCUT2D eigenvalue weighted by atomic mass is 35.5. The van der Waals surface area contributed by atoms with Crippen LogP contribution in [0.25, 0.3) is 0 Å². The Morgan fingerprint density at radius 3 is 2.91 bits per heavy atom. The van der Waals surface area contributed by atoms with Gasteiger partial charge >= 0.3 is 0 Å². The van der Waals surface area contributed by atoms with Crippen molar-refractivity contribution in [2.24, 2.45) is 0 Å². The minimum atomic E-state index is -3.70. The summed E-state index contributed by atoms with van der Waals surface area (Å²) in [6, 6.07) is 8.49. The first-order valence-corrected chi connectivity index (χ1v) is 9.71. The molecule has 1 atom stereocenters. The van der Waals surface area contributed by atoms with E-state index in [2.05, 4.69) is 0 Å². The van der Waals surface area contributed by atoms with Gasteiger partial charge in [0, 0.05) is 24.0 Å². The Morgan fingerprint density at radius 1 is 1.39 bits per heavy atom. The van der Waals surface area contributed by atoms with Gasteiger partial charge < -0.3 is 9.47 Å². The zero-order valence-corrected chi connectivity index (χ0v) is 14.8. The Balaban J connectivity index is 1.90. The fourth-order valence-electron chi connectivity index (χ4n) is 2.44. The van der Waals surface area contributed by atoms with Crippen molar-refractivity contribution >= 4 is 33.0 Å². The first-order valence-electron chi connectivity index (χ1n) is 7.01. The Morgan fingerprint density at radius 2 is 2.22 bits per heavy atom. The zero-order chi connectivity index (χ0) is 16.4. The largest absolute Gasteiger partial charge is 0.497 e. The van der Waals surface area contributed by atoms with Gasteiger partial charge in [-0.15, -0.1) is 11.3 Å². The second kappa shape index (κ2) is 6.78. The van der Waals surface area contributed by atoms with Crippen molar-refractivity contribution in [1.82, 2.24) is 4.31 Å². The number of rotatable bonds is 4. The SMILES string of the molecule is COc1ccc(Cl)c(S(=O)(=O)N2CCOC(c3cccs3)C2)c1. The number of hydrogen-bond acceptors (Lipinski definition) is 5. The zero-order valence-electron chi connectivity index (χ0n) is 12.4. The van der Waals surface area contributed by atoms with E-state index in [1.165, 1.54) is 23.5 Å². The summed E-state index contributed by atoms with van der Waals surface area (Å²) in [6.45, 7) is 0.928. The number of benzene rings is 1. The Hall–Kier alpha value is -1.12. The number of sulfonamides is 1. The third-order valence-corrected chi connectivity index (χ3v) is 6.96. The van der Waals surface area contributed by atoms with E-state index < -0.39 is 10.0 Å². The molecule has 5 nitrogen and oxygen atoms in total. The van der Waals surface area contributed by atoms with E-state index in [0.717, 1.165) is 4.88 Å². The van der Waals surface area contributed by atoms with Gasteiger partial charge in [-0.25, -0.2) is 8.42 Å². The summed E-state index contributed by atoms with van der Waals surface area (Å²) >= 11 is 7.66. The molecule has 0 amide bonds. The minimum absolute atomic E-state index is 0.0605. The lowest BCUT2D eigenvalue weighted by Gasteiger charge is -2.32. The molecule has 23 heavy (non-hydrogen) atoms. The van der Waals surface area contributed by atoms with Crippen molar-refractivity contribution in [3.63, 3.8) is 0 Å². The Kier molecular flexibility index (Phi) is 4.93. The molecule has 124 valence electrons. The van der Waals surface area contributed by atoms with Crippen molar-refractivity contribution in [3.8, 4) is 5.75 Å². The quantitative estimate of drug-likeness (QED) is 0.826. The van der Waals surface area contributed by atoms with E-state index >= 15 is 0 Å². The summed E-state index contributed by atoms with van der Waals surface area (Å²) in [5.41, 5.74) is 0. The van der Waals surface area contributed by atoms with Gasteiger partial charge in [0.2, 0.25) is 10.0 Å². The Bertz CT molecular complexity index is 777. The highest BCUT2D eigenvalue weighted by Crippen LogP contribution is 2.32. The molecule has 0 N–H and O–H groups in total. The summed E-state index contributed by atoms with van der Waals surface area (Å²) in [6.07, 6.45) is -0.247. The number of halogens is 1. The van der Waals surface area contributed by atoms with Crippen LogP contribution in [0.15, 0.2) is 40.6 Å². The van der Waals surface area contributed by atoms with Crippen LogP contribution in [0.2, 0.25) is 5.02 Å². The van der Waals surface area contributed by atoms with E-state index in [0.29, 0.717) is 18.9 Å². The van der Waals surface area contributed by atoms with E-state index in [1.807, 2.05) is 17.5 Å². The number of methoxy groups -OCH3 is 1. The molecule has 0 aliphatic carbocycles. The minimum Gasteiger partial charge on any atom is -0.497 e. The van der Waals surface area contributed by atoms with Crippen LogP contribution in [0.5, 0.6) is 5.75 Å². The molecule has 0 spiro atoms. The highest BCUT2D eigenvalue weighted by molar-refractivity contribution is 7.89. The number of nitrogens with zero attached hydrogens (tertiary/aromatic N) is 1. The van der Waals surface area contributed by atoms with Crippen LogP contribution >= 0.6 is 22.9 Å². The highest BCUT2D eigenvalue weighted by Gasteiger charge is 2.33. The van der Waals surface area contributed by atoms with Gasteiger partial charge in [0.1, 0.15) is 16.7 Å². The van der Waals surface area contributed by atoms with Gasteiger partial charge in [-0.3, -0.25) is 0 Å². The average Bonchev–Trinajstić information content (AvgIpc) is 3.10. The van der Waals surface area contributed by atoms with Crippen LogP contribution in [0, 0.1) is 0 Å². The van der Waals surface area contributed by atoms with Crippen LogP contribution in [-0.4, -0.2) is 39.5 Å². The van der Waals surface area contributed by atoms with E-state index in [9.17, 15) is 8.42 Å². The maximum atomic E-state index is 12.9. The normalized spacial score (nSPS) is 19.7. The standard InChI is InChI=1S/C15H16ClNO4S2/c1-20-11-4-5-12(16)15(9-11)23(18,19)17-6-7-21-13(10-17)14-3-2-8-22-14/h2-5,8-9,13H,6-7,10H2,1H3. The first-order chi connectivity index (χ1) is 11.0. The Labute approximate surface area is 144 Å². The van der Waals surface area contributed by atoms with Crippen LogP contribution in [0.1, 0.15) is 11.0 Å². The summed E-state index contributed by atoms with van der Waals surface area (Å²) in [7, 11) is -2.22. The third kappa shape index (κ3) is 3.39. The van der Waals surface area contributed by atoms with Crippen molar-refractivity contribution in [3.05, 3.63) is 45.6 Å². The summed E-state index contributed by atoms with van der Waals surface area (Å²) in [4.78, 5) is 1.08. The van der Waals surface area contributed by atoms with Crippen molar-refractivity contribution < 1.29 is 17.9 Å². The molecular weight excluding hydrogens is 358 g/mol. The third-order valence-electron chi connectivity index (χ3n) is 3.65. The molecule has 2 aromatic rings. The van der Waals surface area contributed by atoms with Crippen molar-refractivity contribution in [2.75, 3.05) is 26.8 Å². The van der Waals surface area contributed by atoms with Crippen LogP contribution in [0.4, 0.5) is 0 Å². The average molecular weight is 374 g/mol. The molecule has 1 aliphatic heterocycles. The number of hydrogen-bond donors (Lipinski definition) is 0. The lowest BCUT2D eigenvalue weighted by atomic mass is 10.2. The number of thiophene rings is 1. The first kappa shape index (κ1) is 16.7. The van der Waals surface area contributed by atoms with Crippen LogP contribution in [0.3, 0.4) is 0 Å². The van der Waals surface area contributed by atoms with Crippen molar-refractivity contribution in [2.45, 2.75) is 11.0 Å². The second-order valence-corrected chi connectivity index (χ2v) is 8.33. The van der Waals surface area contributed by atoms with Crippen LogP contribution < -0.4 is 4.74 Å². The molecule has 1 saturated heterocycles. The predicted molar refractivity (Wildman–Crippen MR) is 89.8 cm³/mol. The molecule has 1 unspecified atom stereocenters. The van der Waals surface area contributed by atoms with Gasteiger partial charge in [0.05, 0.1) is 18.7 Å². The lowest BCUT2D eigenvalue weighted by molar-refractivity contribution is -0.000505. The molecule has 2 heterocycles. The van der Waals surface area contributed by atoms with Gasteiger partial charge in [-0.05, 0) is 23.6 Å². The molecule has 1 aliphatic rings. The van der Waals surface area contributed by atoms with Gasteiger partial charge in [0.15, 0.2) is 0 Å². The molecule has 8 heteroatoms. The van der Waals surface area contributed by atoms with E-state index in [1.54, 1.807) is 17.4 Å². The molecular formula is C15H16ClNO4S2. The molecule has 0 radical (unpaired) electrons. The summed E-state index contributed by atoms with van der Waals surface area (Å²) < 4.78 is 38.1. The topological polar surface area (TPSA) is 55.8 Å². The van der Waals surface area contributed by atoms with E-state index in [-0.39, 0.29) is 22.6 Å². The maximum Gasteiger partial charge on any atom is 0.244 e. The van der Waals surface area contributed by atoms with Crippen molar-refractivity contribution in [1.29, 1.82) is 0 Å². The molecule has 1 aromatic carbocycles. The van der Waals surface area contributed by atoms with Gasteiger partial charge in [-0.1, -0.05) is 17.7 Å². The summed E-state index contributed by atoms with van der Waals surface area (Å²) in [5, 5.41) is 2.13. The smallest absolute Gasteiger partial charge is 0.244 e. The second-order valence-electron chi connectivity index (χ2n) is 5.03. The molecule has 1 fully saturated rings. The number of ether oxygens (including phenoxy) is 2. The summed E-state index contributed by atoms with van der Waals surface area (Å²) in [5.74, 6) is 0.455. The fourth-order valence-corrected chi connectivity index (χ4v) is 5.12. The lowest BCUT2D eigenvalue weighted by Crippen LogP contribution is -2.42. The van der Waals surface area contributed by atoms with E-state index in [4.69, 9.17) is 21.1 Å². The molecule has 0 bridgehead atoms. The molecule has 1 aromatic heterocycles. The fraction of sp³-hybridized carbons (Fsp3) is 0.333. The molecule has 0 saturated carbocycles. The predicted octanol–water partition coefficient (Wildman–Crippen LogP) is 3.17. The number of morpholine rings is 1. The van der Waals surface area contributed by atoms with Gasteiger partial charge in [0.25, 0.3) is 0 Å². The molecule has 3 rings (SSSR count). The van der Waals surface area contributed by atoms with Crippen LogP contribution in [-0.2, 0) is 14.8 Å². The maximum absolute atomic E-state index is 12.9.